The van der Waals surface area contributed by atoms with E-state index in [2.05, 4.69) is 41.8 Å². The smallest absolute Gasteiger partial charge is 0.172 e. The molecule has 0 N–H and O–H groups in total. The number of carboxylic acid groups (broad SMARTS) is 1. The first-order chi connectivity index (χ1) is 9.63. The Morgan fingerprint density at radius 2 is 1.41 bits per heavy atom. The minimum atomic E-state index is -1.70. The van der Waals surface area contributed by atoms with Crippen molar-refractivity contribution in [3.63, 3.8) is 0 Å². The average Bonchev–Trinajstić information content (AvgIpc) is 2.34. The Morgan fingerprint density at radius 1 is 1.05 bits per heavy atom. The van der Waals surface area contributed by atoms with Crippen LogP contribution in [0.4, 0.5) is 4.39 Å². The third-order valence-electron chi connectivity index (χ3n) is 4.29. The molecule has 0 aliphatic carbocycles. The summed E-state index contributed by atoms with van der Waals surface area (Å²) in [6, 6.07) is 1.45. The number of hydrogen-bond donors (Lipinski definition) is 0. The van der Waals surface area contributed by atoms with Gasteiger partial charge in [0.2, 0.25) is 0 Å². The number of carbonyl (C=O) groups is 2. The molecule has 0 saturated carbocycles. The van der Waals surface area contributed by atoms with Crippen molar-refractivity contribution < 1.29 is 23.6 Å². The first-order valence-electron chi connectivity index (χ1n) is 7.85. The highest BCUT2D eigenvalue weighted by Crippen LogP contribution is 2.20. The van der Waals surface area contributed by atoms with E-state index in [0.29, 0.717) is 0 Å². The second-order valence-corrected chi connectivity index (χ2v) is 7.81. The van der Waals surface area contributed by atoms with Gasteiger partial charge in [-0.25, -0.2) is 4.39 Å². The lowest BCUT2D eigenvalue weighted by Crippen LogP contribution is -2.50. The molecule has 1 atom stereocenters. The van der Waals surface area contributed by atoms with E-state index in [9.17, 15) is 19.1 Å². The van der Waals surface area contributed by atoms with Gasteiger partial charge in [-0.3, -0.25) is 4.79 Å². The minimum Gasteiger partial charge on any atom is -0.550 e. The van der Waals surface area contributed by atoms with Crippen molar-refractivity contribution in [3.8, 4) is 0 Å². The average molecular weight is 319 g/mol. The Kier molecular flexibility index (Phi) is 9.78. The SMILES string of the molecule is CC(C)(C)C(=O)C(F)CCC(=O)[O-].CC(C)[N+](C)(C)C(C)C. The molecule has 0 aromatic rings. The van der Waals surface area contributed by atoms with Crippen molar-refractivity contribution in [2.45, 2.75) is 79.6 Å². The fraction of sp³-hybridized carbons (Fsp3) is 0.882. The maximum atomic E-state index is 13.0. The largest absolute Gasteiger partial charge is 0.550 e. The quantitative estimate of drug-likeness (QED) is 0.706. The lowest BCUT2D eigenvalue weighted by Gasteiger charge is -2.38. The number of hydrogen-bond acceptors (Lipinski definition) is 3. The highest BCUT2D eigenvalue weighted by molar-refractivity contribution is 5.88. The van der Waals surface area contributed by atoms with Gasteiger partial charge in [-0.05, 0) is 40.5 Å². The van der Waals surface area contributed by atoms with Gasteiger partial charge in [0, 0.05) is 11.4 Å². The number of carboxylic acids is 1. The Bertz CT molecular complexity index is 347. The van der Waals surface area contributed by atoms with Gasteiger partial charge in [0.15, 0.2) is 12.0 Å². The highest BCUT2D eigenvalue weighted by Gasteiger charge is 2.29. The van der Waals surface area contributed by atoms with Crippen LogP contribution in [-0.2, 0) is 9.59 Å². The number of alkyl halides is 1. The molecular formula is C17H34FNO3. The molecule has 0 aromatic carbocycles. The summed E-state index contributed by atoms with van der Waals surface area (Å²) < 4.78 is 14.1. The molecule has 0 aromatic heterocycles. The van der Waals surface area contributed by atoms with Gasteiger partial charge in [-0.2, -0.15) is 0 Å². The van der Waals surface area contributed by atoms with Gasteiger partial charge in [-0.15, -0.1) is 0 Å². The van der Waals surface area contributed by atoms with Gasteiger partial charge in [0.1, 0.15) is 0 Å². The predicted octanol–water partition coefficient (Wildman–Crippen LogP) is 2.35. The summed E-state index contributed by atoms with van der Waals surface area (Å²) in [5.74, 6) is -1.89. The predicted molar refractivity (Wildman–Crippen MR) is 86.0 cm³/mol. The van der Waals surface area contributed by atoms with Crippen LogP contribution in [-0.4, -0.2) is 48.6 Å². The van der Waals surface area contributed by atoms with Crippen LogP contribution in [0.2, 0.25) is 0 Å². The van der Waals surface area contributed by atoms with Crippen molar-refractivity contribution in [2.75, 3.05) is 14.1 Å². The molecule has 5 heteroatoms. The molecule has 0 aliphatic rings. The van der Waals surface area contributed by atoms with E-state index in [1.807, 2.05) is 0 Å². The zero-order valence-corrected chi connectivity index (χ0v) is 15.7. The molecule has 0 fully saturated rings. The second kappa shape index (κ2) is 9.23. The van der Waals surface area contributed by atoms with Gasteiger partial charge in [0.25, 0.3) is 0 Å². The molecule has 0 spiro atoms. The Morgan fingerprint density at radius 3 is 1.59 bits per heavy atom. The molecule has 132 valence electrons. The van der Waals surface area contributed by atoms with E-state index >= 15 is 0 Å². The maximum Gasteiger partial charge on any atom is 0.172 e. The summed E-state index contributed by atoms with van der Waals surface area (Å²) in [6.45, 7) is 13.8. The number of Topliss-reactive ketones (excluding diaryl/α,β-unsaturated/α-hetero) is 1. The Labute approximate surface area is 135 Å². The number of halogens is 1. The third-order valence-corrected chi connectivity index (χ3v) is 4.29. The van der Waals surface area contributed by atoms with E-state index in [4.69, 9.17) is 0 Å². The van der Waals surface area contributed by atoms with E-state index < -0.39 is 29.8 Å². The van der Waals surface area contributed by atoms with Crippen LogP contribution in [0, 0.1) is 5.41 Å². The number of rotatable bonds is 6. The summed E-state index contributed by atoms with van der Waals surface area (Å²) in [5, 5.41) is 9.99. The normalized spacial score (nSPS) is 13.6. The number of nitrogens with zero attached hydrogens (tertiary/aromatic N) is 1. The number of quaternary nitrogens is 1. The molecular weight excluding hydrogens is 285 g/mol. The summed E-state index contributed by atoms with van der Waals surface area (Å²) in [4.78, 5) is 21.2. The standard InChI is InChI=1S/C9H15FO3.C8H20N/c1-9(2,3)8(13)6(10)4-5-7(11)12;1-7(2)9(5,6)8(3)4/h6H,4-5H2,1-3H3,(H,11,12);7-8H,1-6H3/q;+1/p-1. The molecule has 4 nitrogen and oxygen atoms in total. The summed E-state index contributed by atoms with van der Waals surface area (Å²) in [5.41, 5.74) is -0.759. The monoisotopic (exact) mass is 319 g/mol. The van der Waals surface area contributed by atoms with Crippen molar-refractivity contribution >= 4 is 11.8 Å². The van der Waals surface area contributed by atoms with Gasteiger partial charge in [0.05, 0.1) is 26.2 Å². The number of aliphatic carboxylic acids is 1. The van der Waals surface area contributed by atoms with Gasteiger partial charge < -0.3 is 14.4 Å². The molecule has 0 radical (unpaired) electrons. The van der Waals surface area contributed by atoms with Crippen molar-refractivity contribution in [2.24, 2.45) is 5.41 Å². The van der Waals surface area contributed by atoms with Crippen LogP contribution in [0.1, 0.15) is 61.3 Å². The van der Waals surface area contributed by atoms with Gasteiger partial charge in [-0.1, -0.05) is 20.8 Å². The molecule has 0 bridgehead atoms. The van der Waals surface area contributed by atoms with Crippen LogP contribution in [0.5, 0.6) is 0 Å². The summed E-state index contributed by atoms with van der Waals surface area (Å²) in [6.07, 6.45) is -2.40. The van der Waals surface area contributed by atoms with Crippen LogP contribution >= 0.6 is 0 Å². The molecule has 0 rings (SSSR count). The first kappa shape index (κ1) is 23.3. The molecule has 22 heavy (non-hydrogen) atoms. The summed E-state index contributed by atoms with van der Waals surface area (Å²) in [7, 11) is 4.55. The third kappa shape index (κ3) is 9.13. The zero-order valence-electron chi connectivity index (χ0n) is 15.7. The van der Waals surface area contributed by atoms with Crippen LogP contribution in [0.25, 0.3) is 0 Å². The molecule has 0 aliphatic heterocycles. The van der Waals surface area contributed by atoms with E-state index in [1.54, 1.807) is 20.8 Å². The molecule has 1 unspecified atom stereocenters. The summed E-state index contributed by atoms with van der Waals surface area (Å²) >= 11 is 0. The van der Waals surface area contributed by atoms with Crippen molar-refractivity contribution in [3.05, 3.63) is 0 Å². The lowest BCUT2D eigenvalue weighted by molar-refractivity contribution is -0.931. The van der Waals surface area contributed by atoms with Crippen molar-refractivity contribution in [1.82, 2.24) is 0 Å². The van der Waals surface area contributed by atoms with E-state index in [-0.39, 0.29) is 6.42 Å². The Hall–Kier alpha value is -0.970. The number of carbonyl (C=O) groups excluding carboxylic acids is 2. The molecule has 0 heterocycles. The van der Waals surface area contributed by atoms with Crippen LogP contribution in [0.15, 0.2) is 0 Å². The van der Waals surface area contributed by atoms with Crippen LogP contribution in [0.3, 0.4) is 0 Å². The van der Waals surface area contributed by atoms with Crippen molar-refractivity contribution in [1.29, 1.82) is 0 Å². The second-order valence-electron chi connectivity index (χ2n) is 7.81. The van der Waals surface area contributed by atoms with Gasteiger partial charge >= 0.3 is 0 Å². The fourth-order valence-electron chi connectivity index (χ4n) is 1.44. The maximum absolute atomic E-state index is 13.0. The number of ketones is 1. The van der Waals surface area contributed by atoms with E-state index in [0.717, 1.165) is 16.6 Å². The van der Waals surface area contributed by atoms with Crippen LogP contribution < -0.4 is 5.11 Å². The minimum absolute atomic E-state index is 0.293. The highest BCUT2D eigenvalue weighted by atomic mass is 19.1. The first-order valence-corrected chi connectivity index (χ1v) is 7.85. The lowest BCUT2D eigenvalue weighted by atomic mass is 9.87. The zero-order chi connectivity index (χ0) is 18.3. The van der Waals surface area contributed by atoms with E-state index in [1.165, 1.54) is 0 Å². The fourth-order valence-corrected chi connectivity index (χ4v) is 1.44. The topological polar surface area (TPSA) is 57.2 Å². The molecule has 0 amide bonds. The Balaban J connectivity index is 0. The molecule has 0 saturated heterocycles.